The third kappa shape index (κ3) is 3.81. The minimum absolute atomic E-state index is 0.0670. The van der Waals surface area contributed by atoms with Crippen molar-refractivity contribution < 1.29 is 27.1 Å². The van der Waals surface area contributed by atoms with Crippen molar-refractivity contribution >= 4 is 5.78 Å². The maximum Gasteiger partial charge on any atom is 0.455 e. The van der Waals surface area contributed by atoms with Crippen molar-refractivity contribution in [1.29, 1.82) is 0 Å². The fraction of sp³-hybridized carbons (Fsp3) is 0.133. The number of rotatable bonds is 4. The summed E-state index contributed by atoms with van der Waals surface area (Å²) in [6, 6.07) is 10.9. The molecule has 0 spiro atoms. The van der Waals surface area contributed by atoms with Gasteiger partial charge in [0.1, 0.15) is 18.2 Å². The summed E-state index contributed by atoms with van der Waals surface area (Å²) in [7, 11) is 0. The summed E-state index contributed by atoms with van der Waals surface area (Å²) < 4.78 is 55.8. The van der Waals surface area contributed by atoms with E-state index in [1.165, 1.54) is 0 Å². The highest BCUT2D eigenvalue weighted by atomic mass is 19.4. The fourth-order valence-corrected chi connectivity index (χ4v) is 1.69. The third-order valence-electron chi connectivity index (χ3n) is 2.68. The van der Waals surface area contributed by atoms with Crippen LogP contribution in [0.3, 0.4) is 0 Å². The average molecular weight is 298 g/mol. The van der Waals surface area contributed by atoms with E-state index in [0.717, 1.165) is 18.2 Å². The van der Waals surface area contributed by atoms with Crippen LogP contribution in [-0.2, 0) is 6.61 Å². The molecule has 2 aromatic rings. The van der Waals surface area contributed by atoms with E-state index < -0.39 is 29.1 Å². The summed E-state index contributed by atoms with van der Waals surface area (Å²) in [6.07, 6.45) is -5.04. The van der Waals surface area contributed by atoms with Gasteiger partial charge in [0.15, 0.2) is 0 Å². The number of ketones is 1. The molecule has 21 heavy (non-hydrogen) atoms. The molecule has 110 valence electrons. The van der Waals surface area contributed by atoms with Gasteiger partial charge in [-0.25, -0.2) is 4.39 Å². The van der Waals surface area contributed by atoms with Crippen molar-refractivity contribution in [1.82, 2.24) is 0 Å². The molecule has 0 atom stereocenters. The van der Waals surface area contributed by atoms with Crippen LogP contribution in [0.2, 0.25) is 0 Å². The zero-order chi connectivity index (χ0) is 15.5. The van der Waals surface area contributed by atoms with Crippen molar-refractivity contribution in [3.63, 3.8) is 0 Å². The molecule has 0 saturated heterocycles. The minimum Gasteiger partial charge on any atom is -0.488 e. The lowest BCUT2D eigenvalue weighted by Crippen LogP contribution is -2.23. The van der Waals surface area contributed by atoms with Crippen LogP contribution < -0.4 is 4.74 Å². The van der Waals surface area contributed by atoms with E-state index in [2.05, 4.69) is 0 Å². The van der Waals surface area contributed by atoms with Crippen LogP contribution in [0.1, 0.15) is 15.9 Å². The van der Waals surface area contributed by atoms with Crippen LogP contribution in [0.15, 0.2) is 48.5 Å². The minimum atomic E-state index is -5.04. The molecule has 0 aliphatic carbocycles. The molecule has 0 heterocycles. The van der Waals surface area contributed by atoms with Crippen molar-refractivity contribution in [3.8, 4) is 5.75 Å². The molecule has 0 saturated carbocycles. The number of carbonyl (C=O) groups excluding carboxylic acids is 1. The standard InChI is InChI=1S/C15H10F4O2/c16-11-6-7-12(14(20)15(17,18)19)13(8-11)21-9-10-4-2-1-3-5-10/h1-8H,9H2. The lowest BCUT2D eigenvalue weighted by Gasteiger charge is -2.12. The third-order valence-corrected chi connectivity index (χ3v) is 2.68. The number of hydrogen-bond acceptors (Lipinski definition) is 2. The van der Waals surface area contributed by atoms with E-state index in [1.807, 2.05) is 0 Å². The molecule has 0 bridgehead atoms. The first-order chi connectivity index (χ1) is 9.88. The molecule has 0 aromatic heterocycles. The molecular formula is C15H10F4O2. The summed E-state index contributed by atoms with van der Waals surface area (Å²) in [5.41, 5.74) is -0.0213. The van der Waals surface area contributed by atoms with E-state index in [9.17, 15) is 22.4 Å². The van der Waals surface area contributed by atoms with Crippen LogP contribution in [0.4, 0.5) is 17.6 Å². The predicted molar refractivity (Wildman–Crippen MR) is 67.6 cm³/mol. The van der Waals surface area contributed by atoms with Gasteiger partial charge in [0.05, 0.1) is 5.56 Å². The number of ether oxygens (including phenoxy) is 1. The average Bonchev–Trinajstić information content (AvgIpc) is 2.45. The topological polar surface area (TPSA) is 26.3 Å². The summed E-state index contributed by atoms with van der Waals surface area (Å²) in [5, 5.41) is 0. The molecule has 0 aliphatic heterocycles. The van der Waals surface area contributed by atoms with E-state index in [0.29, 0.717) is 5.56 Å². The second-order valence-electron chi connectivity index (χ2n) is 4.24. The second-order valence-corrected chi connectivity index (χ2v) is 4.24. The second kappa shape index (κ2) is 5.95. The highest BCUT2D eigenvalue weighted by Crippen LogP contribution is 2.28. The van der Waals surface area contributed by atoms with Crippen LogP contribution in [-0.4, -0.2) is 12.0 Å². The Bertz CT molecular complexity index is 636. The van der Waals surface area contributed by atoms with Crippen molar-refractivity contribution in [3.05, 3.63) is 65.5 Å². The SMILES string of the molecule is O=C(c1ccc(F)cc1OCc1ccccc1)C(F)(F)F. The quantitative estimate of drug-likeness (QED) is 0.626. The molecule has 2 nitrogen and oxygen atoms in total. The van der Waals surface area contributed by atoms with Crippen LogP contribution in [0.25, 0.3) is 0 Å². The molecule has 6 heteroatoms. The Morgan fingerprint density at radius 2 is 1.71 bits per heavy atom. The van der Waals surface area contributed by atoms with Gasteiger partial charge in [-0.2, -0.15) is 13.2 Å². The van der Waals surface area contributed by atoms with Gasteiger partial charge in [-0.15, -0.1) is 0 Å². The van der Waals surface area contributed by atoms with Gasteiger partial charge in [0, 0.05) is 6.07 Å². The molecule has 0 amide bonds. The Balaban J connectivity index is 2.26. The fourth-order valence-electron chi connectivity index (χ4n) is 1.69. The van der Waals surface area contributed by atoms with E-state index in [4.69, 9.17) is 4.74 Å². The van der Waals surface area contributed by atoms with Gasteiger partial charge < -0.3 is 4.74 Å². The van der Waals surface area contributed by atoms with E-state index >= 15 is 0 Å². The van der Waals surface area contributed by atoms with Crippen molar-refractivity contribution in [2.24, 2.45) is 0 Å². The van der Waals surface area contributed by atoms with Crippen molar-refractivity contribution in [2.75, 3.05) is 0 Å². The molecule has 0 N–H and O–H groups in total. The number of halogens is 4. The zero-order valence-corrected chi connectivity index (χ0v) is 10.7. The highest BCUT2D eigenvalue weighted by molar-refractivity contribution is 6.02. The maximum absolute atomic E-state index is 13.2. The Hall–Kier alpha value is -2.37. The highest BCUT2D eigenvalue weighted by Gasteiger charge is 2.40. The molecule has 2 aromatic carbocycles. The Kier molecular flexibility index (Phi) is 4.26. The number of benzene rings is 2. The van der Waals surface area contributed by atoms with E-state index in [1.54, 1.807) is 30.3 Å². The number of Topliss-reactive ketones (excluding diaryl/α,β-unsaturated/α-hetero) is 1. The number of carbonyl (C=O) groups is 1. The summed E-state index contributed by atoms with van der Waals surface area (Å²) in [4.78, 5) is 11.3. The lowest BCUT2D eigenvalue weighted by molar-refractivity contribution is -0.0886. The molecule has 0 aliphatic rings. The van der Waals surface area contributed by atoms with E-state index in [-0.39, 0.29) is 6.61 Å². The smallest absolute Gasteiger partial charge is 0.455 e. The zero-order valence-electron chi connectivity index (χ0n) is 10.7. The van der Waals surface area contributed by atoms with Gasteiger partial charge in [0.25, 0.3) is 5.78 Å². The van der Waals surface area contributed by atoms with Crippen LogP contribution in [0, 0.1) is 5.82 Å². The molecule has 0 unspecified atom stereocenters. The normalized spacial score (nSPS) is 11.2. The molecule has 0 fully saturated rings. The Labute approximate surface area is 118 Å². The van der Waals surface area contributed by atoms with Gasteiger partial charge >= 0.3 is 6.18 Å². The largest absolute Gasteiger partial charge is 0.488 e. The number of hydrogen-bond donors (Lipinski definition) is 0. The first-order valence-corrected chi connectivity index (χ1v) is 5.96. The summed E-state index contributed by atoms with van der Waals surface area (Å²) in [5.74, 6) is -3.27. The van der Waals surface area contributed by atoms with Gasteiger partial charge in [-0.05, 0) is 17.7 Å². The number of alkyl halides is 3. The summed E-state index contributed by atoms with van der Waals surface area (Å²) >= 11 is 0. The van der Waals surface area contributed by atoms with Crippen molar-refractivity contribution in [2.45, 2.75) is 12.8 Å². The summed E-state index contributed by atoms with van der Waals surface area (Å²) in [6.45, 7) is -0.0670. The predicted octanol–water partition coefficient (Wildman–Crippen LogP) is 4.15. The molecule has 0 radical (unpaired) electrons. The first kappa shape index (κ1) is 15.0. The molecule has 2 rings (SSSR count). The Morgan fingerprint density at radius 1 is 1.05 bits per heavy atom. The van der Waals surface area contributed by atoms with Crippen LogP contribution in [0.5, 0.6) is 5.75 Å². The van der Waals surface area contributed by atoms with Gasteiger partial charge in [-0.3, -0.25) is 4.79 Å². The van der Waals surface area contributed by atoms with Gasteiger partial charge in [-0.1, -0.05) is 30.3 Å². The lowest BCUT2D eigenvalue weighted by atomic mass is 10.1. The maximum atomic E-state index is 13.2. The first-order valence-electron chi connectivity index (χ1n) is 5.96. The Morgan fingerprint density at radius 3 is 2.33 bits per heavy atom. The molecular weight excluding hydrogens is 288 g/mol. The van der Waals surface area contributed by atoms with Crippen LogP contribution >= 0.6 is 0 Å². The monoisotopic (exact) mass is 298 g/mol. The van der Waals surface area contributed by atoms with Gasteiger partial charge in [0.2, 0.25) is 0 Å².